The molecule has 1 aromatic rings. The molecular weight excluding hydrogens is 291 g/mol. The van der Waals surface area contributed by atoms with E-state index in [2.05, 4.69) is 5.73 Å². The second kappa shape index (κ2) is 5.31. The minimum absolute atomic E-state index is 0. The maximum atomic E-state index is 13.0. The van der Waals surface area contributed by atoms with Gasteiger partial charge < -0.3 is 5.73 Å². The van der Waals surface area contributed by atoms with Gasteiger partial charge in [0.25, 0.3) is 0 Å². The van der Waals surface area contributed by atoms with E-state index in [1.54, 1.807) is 0 Å². The van der Waals surface area contributed by atoms with E-state index in [4.69, 9.17) is 0 Å². The molecule has 9 heteroatoms. The van der Waals surface area contributed by atoms with Gasteiger partial charge in [-0.3, -0.25) is 0 Å². The molecule has 0 bridgehead atoms. The lowest BCUT2D eigenvalue weighted by molar-refractivity contribution is -0.291. The van der Waals surface area contributed by atoms with Gasteiger partial charge in [-0.2, -0.15) is 22.0 Å². The molecular formula is C9H7ClF7N. The largest absolute Gasteiger partial charge is 0.455 e. The quantitative estimate of drug-likeness (QED) is 0.830. The molecule has 0 aromatic heterocycles. The molecule has 1 nitrogen and oxygen atoms in total. The Kier molecular flexibility index (Phi) is 5.01. The molecule has 0 fully saturated rings. The van der Waals surface area contributed by atoms with Gasteiger partial charge in [-0.25, -0.2) is 8.78 Å². The Morgan fingerprint density at radius 1 is 0.944 bits per heavy atom. The zero-order chi connectivity index (χ0) is 13.4. The van der Waals surface area contributed by atoms with Crippen LogP contribution in [0.1, 0.15) is 11.6 Å². The third-order valence-corrected chi connectivity index (χ3v) is 2.08. The van der Waals surface area contributed by atoms with Gasteiger partial charge in [0.2, 0.25) is 0 Å². The molecule has 1 aromatic carbocycles. The maximum Gasteiger partial charge on any atom is 0.455 e. The Hall–Kier alpha value is -1.02. The number of nitrogens with two attached hydrogens (primary N) is 1. The number of rotatable bonds is 2. The molecule has 0 radical (unpaired) electrons. The third kappa shape index (κ3) is 2.86. The van der Waals surface area contributed by atoms with Crippen molar-refractivity contribution in [3.8, 4) is 0 Å². The normalized spacial score (nSPS) is 14.0. The summed E-state index contributed by atoms with van der Waals surface area (Å²) in [7, 11) is 0. The summed E-state index contributed by atoms with van der Waals surface area (Å²) in [4.78, 5) is 0. The lowest BCUT2D eigenvalue weighted by Gasteiger charge is -2.26. The number of halogens is 8. The Labute approximate surface area is 103 Å². The summed E-state index contributed by atoms with van der Waals surface area (Å²) in [6.07, 6.45) is -5.98. The molecule has 0 unspecified atom stereocenters. The second-order valence-corrected chi connectivity index (χ2v) is 3.23. The van der Waals surface area contributed by atoms with Gasteiger partial charge in [0, 0.05) is 5.56 Å². The van der Waals surface area contributed by atoms with E-state index in [0.717, 1.165) is 6.07 Å². The first-order chi connectivity index (χ1) is 7.59. The van der Waals surface area contributed by atoms with Crippen molar-refractivity contribution >= 4 is 12.4 Å². The van der Waals surface area contributed by atoms with Crippen LogP contribution in [0.5, 0.6) is 0 Å². The molecule has 0 saturated heterocycles. The minimum atomic E-state index is -5.98. The molecule has 2 N–H and O–H groups in total. The van der Waals surface area contributed by atoms with Crippen molar-refractivity contribution < 1.29 is 30.7 Å². The SMILES string of the molecule is Cl.N[C@@H](c1c(F)cccc1F)C(F)(F)C(F)(F)F. The van der Waals surface area contributed by atoms with Gasteiger partial charge in [-0.05, 0) is 12.1 Å². The summed E-state index contributed by atoms with van der Waals surface area (Å²) in [6.45, 7) is 0. The molecule has 1 atom stereocenters. The first kappa shape index (κ1) is 17.0. The zero-order valence-corrected chi connectivity index (χ0v) is 9.26. The molecule has 0 saturated carbocycles. The summed E-state index contributed by atoms with van der Waals surface area (Å²) in [6, 6.07) is -1.22. The number of alkyl halides is 5. The number of hydrogen-bond acceptors (Lipinski definition) is 1. The third-order valence-electron chi connectivity index (χ3n) is 2.08. The maximum absolute atomic E-state index is 13.0. The first-order valence-electron chi connectivity index (χ1n) is 4.23. The van der Waals surface area contributed by atoms with E-state index >= 15 is 0 Å². The van der Waals surface area contributed by atoms with E-state index in [9.17, 15) is 30.7 Å². The van der Waals surface area contributed by atoms with Crippen molar-refractivity contribution in [1.82, 2.24) is 0 Å². The summed E-state index contributed by atoms with van der Waals surface area (Å²) < 4.78 is 87.4. The van der Waals surface area contributed by atoms with Crippen molar-refractivity contribution in [1.29, 1.82) is 0 Å². The Morgan fingerprint density at radius 2 is 1.33 bits per heavy atom. The Morgan fingerprint density at radius 3 is 1.67 bits per heavy atom. The summed E-state index contributed by atoms with van der Waals surface area (Å²) in [5.41, 5.74) is 3.12. The average Bonchev–Trinajstić information content (AvgIpc) is 2.15. The highest BCUT2D eigenvalue weighted by Gasteiger charge is 2.62. The zero-order valence-electron chi connectivity index (χ0n) is 8.44. The number of benzene rings is 1. The first-order valence-corrected chi connectivity index (χ1v) is 4.23. The van der Waals surface area contributed by atoms with Gasteiger partial charge in [0.1, 0.15) is 17.7 Å². The van der Waals surface area contributed by atoms with Gasteiger partial charge >= 0.3 is 12.1 Å². The fraction of sp³-hybridized carbons (Fsp3) is 0.333. The van der Waals surface area contributed by atoms with Crippen LogP contribution in [0.3, 0.4) is 0 Å². The molecule has 18 heavy (non-hydrogen) atoms. The molecule has 104 valence electrons. The molecule has 0 heterocycles. The van der Waals surface area contributed by atoms with E-state index in [-0.39, 0.29) is 12.4 Å². The predicted octanol–water partition coefficient (Wildman–Crippen LogP) is 3.58. The summed E-state index contributed by atoms with van der Waals surface area (Å²) in [5.74, 6) is -8.53. The van der Waals surface area contributed by atoms with Crippen LogP contribution in [-0.4, -0.2) is 12.1 Å². The molecule has 1 rings (SSSR count). The molecule has 0 aliphatic rings. The predicted molar refractivity (Wildman–Crippen MR) is 51.5 cm³/mol. The minimum Gasteiger partial charge on any atom is -0.319 e. The smallest absolute Gasteiger partial charge is 0.319 e. The average molecular weight is 298 g/mol. The molecule has 0 aliphatic heterocycles. The van der Waals surface area contributed by atoms with Crippen LogP contribution in [0.4, 0.5) is 30.7 Å². The van der Waals surface area contributed by atoms with E-state index in [1.807, 2.05) is 0 Å². The van der Waals surface area contributed by atoms with Crippen LogP contribution >= 0.6 is 12.4 Å². The van der Waals surface area contributed by atoms with E-state index in [0.29, 0.717) is 12.1 Å². The molecule has 0 aliphatic carbocycles. The van der Waals surface area contributed by atoms with Crippen molar-refractivity contribution in [3.05, 3.63) is 35.4 Å². The van der Waals surface area contributed by atoms with Crippen LogP contribution in [-0.2, 0) is 0 Å². The monoisotopic (exact) mass is 297 g/mol. The van der Waals surface area contributed by atoms with E-state index < -0.39 is 35.3 Å². The summed E-state index contributed by atoms with van der Waals surface area (Å²) >= 11 is 0. The van der Waals surface area contributed by atoms with Gasteiger partial charge in [0.15, 0.2) is 0 Å². The highest BCUT2D eigenvalue weighted by molar-refractivity contribution is 5.85. The van der Waals surface area contributed by atoms with Gasteiger partial charge in [-0.1, -0.05) is 6.07 Å². The highest BCUT2D eigenvalue weighted by Crippen LogP contribution is 2.44. The second-order valence-electron chi connectivity index (χ2n) is 3.23. The van der Waals surface area contributed by atoms with Crippen LogP contribution in [0.25, 0.3) is 0 Å². The lowest BCUT2D eigenvalue weighted by Crippen LogP contribution is -2.46. The standard InChI is InChI=1S/C9H6F7N.ClH/c10-4-2-1-3-5(11)6(4)7(17)8(12,13)9(14,15)16;/h1-3,7H,17H2;1H/t7-;/m0./s1. The van der Waals surface area contributed by atoms with Gasteiger partial charge in [0.05, 0.1) is 0 Å². The molecule has 0 amide bonds. The van der Waals surface area contributed by atoms with Crippen molar-refractivity contribution in [3.63, 3.8) is 0 Å². The Bertz CT molecular complexity index is 398. The van der Waals surface area contributed by atoms with Crippen LogP contribution in [0.15, 0.2) is 18.2 Å². The fourth-order valence-corrected chi connectivity index (χ4v) is 1.17. The summed E-state index contributed by atoms with van der Waals surface area (Å²) in [5, 5.41) is 0. The van der Waals surface area contributed by atoms with E-state index in [1.165, 1.54) is 0 Å². The van der Waals surface area contributed by atoms with Crippen LogP contribution < -0.4 is 5.73 Å². The highest BCUT2D eigenvalue weighted by atomic mass is 35.5. The number of hydrogen-bond donors (Lipinski definition) is 1. The topological polar surface area (TPSA) is 26.0 Å². The van der Waals surface area contributed by atoms with Crippen LogP contribution in [0, 0.1) is 11.6 Å². The van der Waals surface area contributed by atoms with Crippen molar-refractivity contribution in [2.45, 2.75) is 18.1 Å². The lowest BCUT2D eigenvalue weighted by atomic mass is 10.00. The Balaban J connectivity index is 0.00000289. The van der Waals surface area contributed by atoms with Crippen molar-refractivity contribution in [2.75, 3.05) is 0 Å². The van der Waals surface area contributed by atoms with Crippen molar-refractivity contribution in [2.24, 2.45) is 5.73 Å². The van der Waals surface area contributed by atoms with Crippen LogP contribution in [0.2, 0.25) is 0 Å². The molecule has 0 spiro atoms. The van der Waals surface area contributed by atoms with Gasteiger partial charge in [-0.15, -0.1) is 12.4 Å². The fourth-order valence-electron chi connectivity index (χ4n) is 1.17.